The lowest BCUT2D eigenvalue weighted by Gasteiger charge is -2.36. The van der Waals surface area contributed by atoms with Crippen molar-refractivity contribution in [3.8, 4) is 5.75 Å². The van der Waals surface area contributed by atoms with Crippen molar-refractivity contribution in [2.24, 2.45) is 29.6 Å². The van der Waals surface area contributed by atoms with Crippen molar-refractivity contribution in [1.29, 1.82) is 0 Å². The van der Waals surface area contributed by atoms with E-state index >= 15 is 0 Å². The number of aliphatic hydroxyl groups is 1. The van der Waals surface area contributed by atoms with E-state index in [2.05, 4.69) is 16.0 Å². The number of hydrogen-bond acceptors (Lipinski definition) is 13. The number of rotatable bonds is 14. The molecule has 71 heavy (non-hydrogen) atoms. The number of methoxy groups -OCH3 is 1. The Hall–Kier alpha value is -5.59. The minimum absolute atomic E-state index is 0.0759. The van der Waals surface area contributed by atoms with Gasteiger partial charge in [0.2, 0.25) is 35.4 Å². The number of ether oxygens (including phenoxy) is 3. The standard InChI is InChI=1S/C52H82N6O13/c1-15-31(9)43-40(59)27-42(61)71-46(30(7)8)45(62)32(10)47(63)53-36(24-28(3)4)50(66)58-23-17-18-37(58)51(67)57(13)39(26-34-19-21-35(69-14)22-20-34)52(68)70-33(11)44(49(65)54-43)55-48(64)38(25-29(5)6)56(12)41(60)16-2/h19-22,28-33,36-40,43-44,46,59H,15-18,23-27H2,1-14H3,(H,53,63)(H,54,65)(H,55,64)/t31-,32-,33+,36?,37-,38+,39?,40-,43?,44?,46?/m0/s1. The highest BCUT2D eigenvalue weighted by molar-refractivity contribution is 6.05. The Morgan fingerprint density at radius 2 is 1.54 bits per heavy atom. The number of Topliss-reactive ketones (excluding diaryl/α,β-unsaturated/α-hetero) is 1. The van der Waals surface area contributed by atoms with Gasteiger partial charge in [0.25, 0.3) is 0 Å². The molecule has 0 aromatic heterocycles. The summed E-state index contributed by atoms with van der Waals surface area (Å²) in [5.41, 5.74) is 0.603. The molecule has 2 aliphatic rings. The molecular formula is C52H82N6O13. The molecule has 2 aliphatic heterocycles. The van der Waals surface area contributed by atoms with Crippen molar-refractivity contribution in [3.05, 3.63) is 29.8 Å². The molecule has 0 bridgehead atoms. The Bertz CT molecular complexity index is 2030. The van der Waals surface area contributed by atoms with Crippen molar-refractivity contribution < 1.29 is 62.5 Å². The fraction of sp³-hybridized carbons (Fsp3) is 0.712. The highest BCUT2D eigenvalue weighted by Gasteiger charge is 2.45. The van der Waals surface area contributed by atoms with E-state index in [1.54, 1.807) is 58.9 Å². The normalized spacial score (nSPS) is 26.8. The third kappa shape index (κ3) is 16.2. The second-order valence-corrected chi connectivity index (χ2v) is 20.5. The first kappa shape index (κ1) is 59.7. The number of likely N-dealkylation sites (N-methyl/N-ethyl adjacent to an activating group) is 2. The number of nitrogens with one attached hydrogen (secondary N) is 3. The summed E-state index contributed by atoms with van der Waals surface area (Å²) in [5, 5.41) is 20.0. The van der Waals surface area contributed by atoms with Gasteiger partial charge in [-0.25, -0.2) is 4.79 Å². The third-order valence-electron chi connectivity index (χ3n) is 13.7. The Labute approximate surface area is 420 Å². The minimum Gasteiger partial charge on any atom is -0.497 e. The van der Waals surface area contributed by atoms with E-state index in [-0.39, 0.29) is 56.4 Å². The molecule has 19 heteroatoms. The van der Waals surface area contributed by atoms with Crippen LogP contribution in [0.5, 0.6) is 5.75 Å². The number of cyclic esters (lactones) is 2. The van der Waals surface area contributed by atoms with Crippen LogP contribution in [-0.4, -0.2) is 155 Å². The van der Waals surface area contributed by atoms with Crippen LogP contribution in [0.1, 0.15) is 127 Å². The lowest BCUT2D eigenvalue weighted by atomic mass is 9.91. The molecule has 2 saturated heterocycles. The summed E-state index contributed by atoms with van der Waals surface area (Å²) in [6.07, 6.45) is -3.73. The van der Waals surface area contributed by atoms with E-state index in [1.807, 2.05) is 27.7 Å². The van der Waals surface area contributed by atoms with Gasteiger partial charge in [0.1, 0.15) is 42.1 Å². The van der Waals surface area contributed by atoms with Gasteiger partial charge in [-0.15, -0.1) is 0 Å². The monoisotopic (exact) mass is 999 g/mol. The number of benzene rings is 1. The van der Waals surface area contributed by atoms with Crippen LogP contribution in [-0.2, 0) is 59.0 Å². The van der Waals surface area contributed by atoms with Crippen molar-refractivity contribution in [1.82, 2.24) is 30.7 Å². The average molecular weight is 999 g/mol. The molecule has 1 aromatic carbocycles. The number of ketones is 1. The van der Waals surface area contributed by atoms with Crippen LogP contribution in [0.2, 0.25) is 0 Å². The van der Waals surface area contributed by atoms with E-state index in [0.717, 1.165) is 0 Å². The number of nitrogens with zero attached hydrogens (tertiary/aromatic N) is 3. The maximum absolute atomic E-state index is 14.8. The van der Waals surface area contributed by atoms with Crippen LogP contribution >= 0.6 is 0 Å². The number of carbonyl (C=O) groups is 9. The van der Waals surface area contributed by atoms with Crippen LogP contribution in [0.3, 0.4) is 0 Å². The zero-order valence-corrected chi connectivity index (χ0v) is 44.4. The summed E-state index contributed by atoms with van der Waals surface area (Å²) in [6, 6.07) is -0.618. The smallest absolute Gasteiger partial charge is 0.329 e. The van der Waals surface area contributed by atoms with E-state index < -0.39 is 126 Å². The van der Waals surface area contributed by atoms with E-state index in [1.165, 1.54) is 49.8 Å². The van der Waals surface area contributed by atoms with Crippen LogP contribution in [0, 0.1) is 29.6 Å². The lowest BCUT2D eigenvalue weighted by Crippen LogP contribution is -2.61. The van der Waals surface area contributed by atoms with E-state index in [9.17, 15) is 48.3 Å². The second kappa shape index (κ2) is 27.3. The number of hydrogen-bond donors (Lipinski definition) is 4. The zero-order chi connectivity index (χ0) is 53.6. The molecule has 0 spiro atoms. The fourth-order valence-corrected chi connectivity index (χ4v) is 9.03. The third-order valence-corrected chi connectivity index (χ3v) is 13.7. The summed E-state index contributed by atoms with van der Waals surface area (Å²) >= 11 is 0. The lowest BCUT2D eigenvalue weighted by molar-refractivity contribution is -0.163. The van der Waals surface area contributed by atoms with Gasteiger partial charge in [-0.3, -0.25) is 38.4 Å². The van der Waals surface area contributed by atoms with Crippen LogP contribution in [0.25, 0.3) is 0 Å². The fourth-order valence-electron chi connectivity index (χ4n) is 9.03. The molecule has 4 N–H and O–H groups in total. The van der Waals surface area contributed by atoms with E-state index in [0.29, 0.717) is 24.2 Å². The first-order chi connectivity index (χ1) is 33.3. The Morgan fingerprint density at radius 1 is 0.901 bits per heavy atom. The topological polar surface area (TPSA) is 247 Å². The van der Waals surface area contributed by atoms with E-state index in [4.69, 9.17) is 14.2 Å². The van der Waals surface area contributed by atoms with Gasteiger partial charge in [-0.05, 0) is 80.9 Å². The van der Waals surface area contributed by atoms with Crippen molar-refractivity contribution in [3.63, 3.8) is 0 Å². The molecule has 0 radical (unpaired) electrons. The molecule has 6 amide bonds. The zero-order valence-electron chi connectivity index (χ0n) is 44.4. The number of fused-ring (bicyclic) bond motifs is 1. The summed E-state index contributed by atoms with van der Waals surface area (Å²) in [6.45, 7) is 18.8. The van der Waals surface area contributed by atoms with Gasteiger partial charge < -0.3 is 50.0 Å². The van der Waals surface area contributed by atoms with Crippen LogP contribution in [0.15, 0.2) is 24.3 Å². The van der Waals surface area contributed by atoms with Gasteiger partial charge in [-0.2, -0.15) is 0 Å². The highest BCUT2D eigenvalue weighted by Crippen LogP contribution is 2.26. The summed E-state index contributed by atoms with van der Waals surface area (Å²) in [5.74, 6) is -8.72. The predicted molar refractivity (Wildman–Crippen MR) is 264 cm³/mol. The molecule has 0 aliphatic carbocycles. The number of amides is 6. The molecule has 3 rings (SSSR count). The van der Waals surface area contributed by atoms with Gasteiger partial charge >= 0.3 is 11.9 Å². The summed E-state index contributed by atoms with van der Waals surface area (Å²) in [7, 11) is 4.41. The molecule has 2 fully saturated rings. The Balaban J connectivity index is 2.28. The first-order valence-corrected chi connectivity index (χ1v) is 25.3. The quantitative estimate of drug-likeness (QED) is 0.155. The number of carbonyl (C=O) groups excluding carboxylic acids is 9. The van der Waals surface area contributed by atoms with Gasteiger partial charge in [0.15, 0.2) is 11.9 Å². The first-order valence-electron chi connectivity index (χ1n) is 25.3. The van der Waals surface area contributed by atoms with Gasteiger partial charge in [-0.1, -0.05) is 80.9 Å². The highest BCUT2D eigenvalue weighted by atomic mass is 16.6. The summed E-state index contributed by atoms with van der Waals surface area (Å²) in [4.78, 5) is 132. The van der Waals surface area contributed by atoms with Gasteiger partial charge in [0, 0.05) is 33.5 Å². The molecule has 5 unspecified atom stereocenters. The Kier molecular flexibility index (Phi) is 23.0. The number of aliphatic hydroxyl groups excluding tert-OH is 1. The predicted octanol–water partition coefficient (Wildman–Crippen LogP) is 3.35. The van der Waals surface area contributed by atoms with Crippen molar-refractivity contribution in [2.75, 3.05) is 27.7 Å². The molecule has 11 atom stereocenters. The second-order valence-electron chi connectivity index (χ2n) is 20.5. The molecule has 19 nitrogen and oxygen atoms in total. The van der Waals surface area contributed by atoms with Crippen molar-refractivity contribution in [2.45, 2.75) is 182 Å². The average Bonchev–Trinajstić information content (AvgIpc) is 3.82. The Morgan fingerprint density at radius 3 is 2.08 bits per heavy atom. The summed E-state index contributed by atoms with van der Waals surface area (Å²) < 4.78 is 17.1. The molecule has 1 aromatic rings. The largest absolute Gasteiger partial charge is 0.497 e. The maximum Gasteiger partial charge on any atom is 0.329 e. The van der Waals surface area contributed by atoms with Crippen molar-refractivity contribution >= 4 is 53.2 Å². The molecule has 398 valence electrons. The van der Waals surface area contributed by atoms with Gasteiger partial charge in [0.05, 0.1) is 31.6 Å². The molecule has 2 heterocycles. The molecular weight excluding hydrogens is 917 g/mol. The van der Waals surface area contributed by atoms with Crippen LogP contribution in [0.4, 0.5) is 0 Å². The van der Waals surface area contributed by atoms with Crippen LogP contribution < -0.4 is 20.7 Å². The minimum atomic E-state index is -1.66. The number of esters is 2. The maximum atomic E-state index is 14.8. The molecule has 0 saturated carbocycles. The SMILES string of the molecule is CCC(=O)N(C)[C@H](CC(C)C)C(=O)NC1C(=O)NC([C@@H](C)CC)[C@@H](O)CC(=O)OC(C(C)C)C(=O)[C@H](C)C(=O)NC(CC(C)C)C(=O)N2CCC[C@H]2C(=O)N(C)C(Cc2ccc(OC)cc2)C(=O)O[C@@H]1C.